The van der Waals surface area contributed by atoms with E-state index in [-0.39, 0.29) is 0 Å². The van der Waals surface area contributed by atoms with Crippen molar-refractivity contribution < 1.29 is 0 Å². The van der Waals surface area contributed by atoms with E-state index in [1.165, 1.54) is 5.56 Å². The van der Waals surface area contributed by atoms with Crippen LogP contribution < -0.4 is 5.32 Å². The Bertz CT molecular complexity index is 279. The van der Waals surface area contributed by atoms with E-state index in [1.807, 2.05) is 18.2 Å². The van der Waals surface area contributed by atoms with E-state index in [0.717, 1.165) is 12.8 Å². The number of amidine groups is 1. The molecule has 0 radical (unpaired) electrons. The highest BCUT2D eigenvalue weighted by atomic mass is 15.0. The van der Waals surface area contributed by atoms with Crippen molar-refractivity contribution in [2.45, 2.75) is 18.9 Å². The van der Waals surface area contributed by atoms with Gasteiger partial charge in [0.15, 0.2) is 0 Å². The first kappa shape index (κ1) is 7.35. The molecule has 62 valence electrons. The van der Waals surface area contributed by atoms with Crippen LogP contribution in [0.15, 0.2) is 30.3 Å². The van der Waals surface area contributed by atoms with Gasteiger partial charge in [-0.1, -0.05) is 30.3 Å². The van der Waals surface area contributed by atoms with Crippen LogP contribution in [0.25, 0.3) is 0 Å². The summed E-state index contributed by atoms with van der Waals surface area (Å²) in [6, 6.07) is 10.7. The fourth-order valence-corrected chi connectivity index (χ4v) is 1.58. The number of hydrogen-bond donors (Lipinski definition) is 2. The molecule has 0 spiro atoms. The predicted octanol–water partition coefficient (Wildman–Crippen LogP) is 2.09. The normalized spacial score (nSPS) is 22.3. The van der Waals surface area contributed by atoms with Crippen molar-refractivity contribution in [2.75, 3.05) is 0 Å². The van der Waals surface area contributed by atoms with Gasteiger partial charge < -0.3 is 5.32 Å². The van der Waals surface area contributed by atoms with Gasteiger partial charge >= 0.3 is 0 Å². The smallest absolute Gasteiger partial charge is 0.0937 e. The number of benzene rings is 1. The highest BCUT2D eigenvalue weighted by molar-refractivity contribution is 5.81. The van der Waals surface area contributed by atoms with Gasteiger partial charge in [0.1, 0.15) is 0 Å². The number of nitrogens with one attached hydrogen (secondary N) is 2. The fourth-order valence-electron chi connectivity index (χ4n) is 1.58. The van der Waals surface area contributed by atoms with Gasteiger partial charge in [-0.3, -0.25) is 5.41 Å². The second-order valence-electron chi connectivity index (χ2n) is 3.12. The van der Waals surface area contributed by atoms with E-state index in [2.05, 4.69) is 17.4 Å². The maximum absolute atomic E-state index is 7.42. The van der Waals surface area contributed by atoms with Crippen molar-refractivity contribution in [3.8, 4) is 0 Å². The molecule has 2 heteroatoms. The maximum atomic E-state index is 7.42. The molecule has 2 rings (SSSR count). The lowest BCUT2D eigenvalue weighted by molar-refractivity contribution is 0.674. The molecule has 0 saturated carbocycles. The van der Waals surface area contributed by atoms with E-state index in [1.54, 1.807) is 0 Å². The molecular weight excluding hydrogens is 148 g/mol. The van der Waals surface area contributed by atoms with Gasteiger partial charge in [-0.15, -0.1) is 0 Å². The van der Waals surface area contributed by atoms with Gasteiger partial charge in [-0.05, 0) is 12.0 Å². The zero-order chi connectivity index (χ0) is 8.39. The summed E-state index contributed by atoms with van der Waals surface area (Å²) >= 11 is 0. The van der Waals surface area contributed by atoms with E-state index in [4.69, 9.17) is 5.41 Å². The van der Waals surface area contributed by atoms with Crippen molar-refractivity contribution in [3.05, 3.63) is 35.9 Å². The molecule has 2 N–H and O–H groups in total. The lowest BCUT2D eigenvalue weighted by Gasteiger charge is -2.09. The average Bonchev–Trinajstić information content (AvgIpc) is 2.54. The standard InChI is InChI=1S/C10H12N2/c11-10-7-6-9(12-10)8-4-2-1-3-5-8/h1-5,9H,6-7H2,(H2,11,12)/t9-/m1/s1. The summed E-state index contributed by atoms with van der Waals surface area (Å²) in [5.74, 6) is 0.670. The SMILES string of the molecule is N=C1CC[C@H](c2ccccc2)N1. The molecule has 1 aliphatic rings. The van der Waals surface area contributed by atoms with E-state index in [0.29, 0.717) is 11.9 Å². The molecule has 0 unspecified atom stereocenters. The van der Waals surface area contributed by atoms with Crippen LogP contribution in [0.3, 0.4) is 0 Å². The molecule has 1 aliphatic heterocycles. The van der Waals surface area contributed by atoms with Gasteiger partial charge in [-0.2, -0.15) is 0 Å². The number of hydrogen-bond acceptors (Lipinski definition) is 1. The molecular formula is C10H12N2. The molecule has 0 bridgehead atoms. The topological polar surface area (TPSA) is 35.9 Å². The minimum atomic E-state index is 0.374. The van der Waals surface area contributed by atoms with Crippen LogP contribution in [0.4, 0.5) is 0 Å². The Morgan fingerprint density at radius 1 is 1.25 bits per heavy atom. The molecule has 1 aromatic carbocycles. The molecule has 0 aromatic heterocycles. The zero-order valence-corrected chi connectivity index (χ0v) is 6.88. The molecule has 0 amide bonds. The molecule has 12 heavy (non-hydrogen) atoms. The molecule has 1 saturated heterocycles. The van der Waals surface area contributed by atoms with E-state index < -0.39 is 0 Å². The summed E-state index contributed by atoms with van der Waals surface area (Å²) in [7, 11) is 0. The largest absolute Gasteiger partial charge is 0.367 e. The Hall–Kier alpha value is -1.31. The zero-order valence-electron chi connectivity index (χ0n) is 6.88. The first-order valence-electron chi connectivity index (χ1n) is 4.25. The Morgan fingerprint density at radius 3 is 2.58 bits per heavy atom. The summed E-state index contributed by atoms with van der Waals surface area (Å²) in [5, 5.41) is 10.6. The highest BCUT2D eigenvalue weighted by Crippen LogP contribution is 2.22. The van der Waals surface area contributed by atoms with Crippen LogP contribution in [0.5, 0.6) is 0 Å². The van der Waals surface area contributed by atoms with Gasteiger partial charge in [0.2, 0.25) is 0 Å². The van der Waals surface area contributed by atoms with Crippen molar-refractivity contribution in [2.24, 2.45) is 0 Å². The molecule has 1 atom stereocenters. The first-order chi connectivity index (χ1) is 5.86. The fraction of sp³-hybridized carbons (Fsp3) is 0.300. The lowest BCUT2D eigenvalue weighted by Crippen LogP contribution is -2.17. The van der Waals surface area contributed by atoms with Crippen LogP contribution in [0.2, 0.25) is 0 Å². The minimum absolute atomic E-state index is 0.374. The third-order valence-electron chi connectivity index (χ3n) is 2.23. The molecule has 1 fully saturated rings. The summed E-state index contributed by atoms with van der Waals surface area (Å²) < 4.78 is 0. The molecule has 2 nitrogen and oxygen atoms in total. The van der Waals surface area contributed by atoms with Crippen molar-refractivity contribution in [1.82, 2.24) is 5.32 Å². The highest BCUT2D eigenvalue weighted by Gasteiger charge is 2.18. The number of rotatable bonds is 1. The van der Waals surface area contributed by atoms with Gasteiger partial charge in [0.25, 0.3) is 0 Å². The maximum Gasteiger partial charge on any atom is 0.0937 e. The van der Waals surface area contributed by atoms with Gasteiger partial charge in [0.05, 0.1) is 11.9 Å². The minimum Gasteiger partial charge on any atom is -0.367 e. The molecule has 0 aliphatic carbocycles. The monoisotopic (exact) mass is 160 g/mol. The Morgan fingerprint density at radius 2 is 2.00 bits per heavy atom. The van der Waals surface area contributed by atoms with Crippen LogP contribution >= 0.6 is 0 Å². The Balaban J connectivity index is 2.16. The first-order valence-corrected chi connectivity index (χ1v) is 4.25. The summed E-state index contributed by atoms with van der Waals surface area (Å²) in [5.41, 5.74) is 1.29. The summed E-state index contributed by atoms with van der Waals surface area (Å²) in [6.07, 6.45) is 1.95. The molecule has 1 heterocycles. The van der Waals surface area contributed by atoms with Crippen molar-refractivity contribution in [3.63, 3.8) is 0 Å². The summed E-state index contributed by atoms with van der Waals surface area (Å²) in [6.45, 7) is 0. The third-order valence-corrected chi connectivity index (χ3v) is 2.23. The Kier molecular flexibility index (Phi) is 1.82. The quantitative estimate of drug-likeness (QED) is 0.648. The van der Waals surface area contributed by atoms with Gasteiger partial charge in [-0.25, -0.2) is 0 Å². The van der Waals surface area contributed by atoms with E-state index >= 15 is 0 Å². The second-order valence-corrected chi connectivity index (χ2v) is 3.12. The van der Waals surface area contributed by atoms with E-state index in [9.17, 15) is 0 Å². The van der Waals surface area contributed by atoms with Crippen LogP contribution in [-0.2, 0) is 0 Å². The average molecular weight is 160 g/mol. The molecule has 1 aromatic rings. The van der Waals surface area contributed by atoms with Crippen molar-refractivity contribution in [1.29, 1.82) is 5.41 Å². The third kappa shape index (κ3) is 1.33. The van der Waals surface area contributed by atoms with Crippen LogP contribution in [0.1, 0.15) is 24.4 Å². The van der Waals surface area contributed by atoms with Crippen LogP contribution in [0, 0.1) is 5.41 Å². The van der Waals surface area contributed by atoms with Crippen molar-refractivity contribution >= 4 is 5.84 Å². The lowest BCUT2D eigenvalue weighted by atomic mass is 10.1. The summed E-state index contributed by atoms with van der Waals surface area (Å²) in [4.78, 5) is 0. The second kappa shape index (κ2) is 2.97. The van der Waals surface area contributed by atoms with Gasteiger partial charge in [0, 0.05) is 6.42 Å². The van der Waals surface area contributed by atoms with Crippen LogP contribution in [-0.4, -0.2) is 5.84 Å². The predicted molar refractivity (Wildman–Crippen MR) is 49.3 cm³/mol. The Labute approximate surface area is 72.1 Å².